The largest absolute Gasteiger partial charge is 0.493 e. The monoisotopic (exact) mass is 501 g/mol. The van der Waals surface area contributed by atoms with E-state index in [1.54, 1.807) is 18.2 Å². The zero-order valence-corrected chi connectivity index (χ0v) is 18.7. The van der Waals surface area contributed by atoms with Gasteiger partial charge in [0.2, 0.25) is 0 Å². The third kappa shape index (κ3) is 4.98. The van der Waals surface area contributed by atoms with E-state index in [0.717, 1.165) is 6.07 Å². The summed E-state index contributed by atoms with van der Waals surface area (Å²) in [7, 11) is 2.95. The highest BCUT2D eigenvalue weighted by atomic mass is 79.9. The molecule has 0 bridgehead atoms. The van der Waals surface area contributed by atoms with Crippen LogP contribution in [0, 0.1) is 5.92 Å². The summed E-state index contributed by atoms with van der Waals surface area (Å²) >= 11 is 3.49. The molecule has 2 aromatic carbocycles. The van der Waals surface area contributed by atoms with Crippen LogP contribution in [0.4, 0.5) is 13.2 Å². The van der Waals surface area contributed by atoms with E-state index in [9.17, 15) is 23.1 Å². The molecule has 1 N–H and O–H groups in total. The van der Waals surface area contributed by atoms with Gasteiger partial charge in [0.05, 0.1) is 31.7 Å². The van der Waals surface area contributed by atoms with Gasteiger partial charge in [0.25, 0.3) is 0 Å². The van der Waals surface area contributed by atoms with Gasteiger partial charge in [-0.15, -0.1) is 0 Å². The van der Waals surface area contributed by atoms with Gasteiger partial charge in [0.1, 0.15) is 0 Å². The van der Waals surface area contributed by atoms with Gasteiger partial charge in [0.15, 0.2) is 11.5 Å². The summed E-state index contributed by atoms with van der Waals surface area (Å²) in [6.07, 6.45) is -3.80. The van der Waals surface area contributed by atoms with E-state index in [0.29, 0.717) is 47.5 Å². The van der Waals surface area contributed by atoms with Gasteiger partial charge in [-0.3, -0.25) is 9.69 Å². The van der Waals surface area contributed by atoms with Gasteiger partial charge in [-0.2, -0.15) is 13.2 Å². The van der Waals surface area contributed by atoms with Crippen molar-refractivity contribution in [3.05, 3.63) is 57.6 Å². The van der Waals surface area contributed by atoms with Crippen LogP contribution in [0.15, 0.2) is 40.9 Å². The van der Waals surface area contributed by atoms with Crippen molar-refractivity contribution in [3.8, 4) is 11.5 Å². The molecule has 2 aromatic rings. The topological polar surface area (TPSA) is 59.0 Å². The summed E-state index contributed by atoms with van der Waals surface area (Å²) in [5, 5.41) is 9.31. The molecule has 1 heterocycles. The Balaban J connectivity index is 2.15. The van der Waals surface area contributed by atoms with Crippen molar-refractivity contribution in [1.29, 1.82) is 0 Å². The summed E-state index contributed by atoms with van der Waals surface area (Å²) in [4.78, 5) is 13.3. The fourth-order valence-electron chi connectivity index (χ4n) is 4.04. The van der Waals surface area contributed by atoms with Crippen LogP contribution in [0.2, 0.25) is 0 Å². The number of hydrogen-bond acceptors (Lipinski definition) is 4. The minimum absolute atomic E-state index is 0.108. The number of halogens is 4. The summed E-state index contributed by atoms with van der Waals surface area (Å²) in [5.74, 6) is -0.524. The fraction of sp³-hybridized carbons (Fsp3) is 0.409. The van der Waals surface area contributed by atoms with Crippen molar-refractivity contribution in [2.24, 2.45) is 5.92 Å². The fourth-order valence-corrected chi connectivity index (χ4v) is 4.58. The van der Waals surface area contributed by atoms with E-state index in [4.69, 9.17) is 9.47 Å². The van der Waals surface area contributed by atoms with Gasteiger partial charge in [-0.25, -0.2) is 0 Å². The Bertz CT molecular complexity index is 943. The first-order valence-corrected chi connectivity index (χ1v) is 10.5. The SMILES string of the molecule is COc1cc(Br)c(C(c2ccccc2C(F)(F)F)N2CCC(C(=O)O)CC2)cc1OC. The number of nitrogens with zero attached hydrogens (tertiary/aromatic N) is 1. The number of piperidine rings is 1. The normalized spacial score (nSPS) is 16.7. The Labute approximate surface area is 186 Å². The summed E-state index contributed by atoms with van der Waals surface area (Å²) in [6.45, 7) is 0.712. The Morgan fingerprint density at radius 2 is 1.68 bits per heavy atom. The van der Waals surface area contributed by atoms with Gasteiger partial charge < -0.3 is 14.6 Å². The van der Waals surface area contributed by atoms with Crippen LogP contribution in [0.25, 0.3) is 0 Å². The number of alkyl halides is 3. The van der Waals surface area contributed by atoms with Crippen LogP contribution >= 0.6 is 15.9 Å². The zero-order chi connectivity index (χ0) is 22.8. The quantitative estimate of drug-likeness (QED) is 0.576. The highest BCUT2D eigenvalue weighted by Crippen LogP contribution is 2.44. The smallest absolute Gasteiger partial charge is 0.416 e. The predicted molar refractivity (Wildman–Crippen MR) is 112 cm³/mol. The van der Waals surface area contributed by atoms with E-state index in [-0.39, 0.29) is 5.56 Å². The first-order chi connectivity index (χ1) is 14.7. The molecule has 1 atom stereocenters. The molecular formula is C22H23BrF3NO4. The van der Waals surface area contributed by atoms with Crippen LogP contribution in [0.1, 0.15) is 35.6 Å². The predicted octanol–water partition coefficient (Wildman–Crippen LogP) is 5.37. The van der Waals surface area contributed by atoms with Gasteiger partial charge >= 0.3 is 12.1 Å². The van der Waals surface area contributed by atoms with Crippen molar-refractivity contribution in [1.82, 2.24) is 4.90 Å². The average Bonchev–Trinajstić information content (AvgIpc) is 2.74. The summed E-state index contributed by atoms with van der Waals surface area (Å²) in [6, 6.07) is 8.08. The van der Waals surface area contributed by atoms with Crippen molar-refractivity contribution >= 4 is 21.9 Å². The molecular weight excluding hydrogens is 479 g/mol. The van der Waals surface area contributed by atoms with E-state index in [1.165, 1.54) is 26.4 Å². The third-order valence-electron chi connectivity index (χ3n) is 5.60. The van der Waals surface area contributed by atoms with E-state index in [2.05, 4.69) is 15.9 Å². The number of methoxy groups -OCH3 is 2. The number of hydrogen-bond donors (Lipinski definition) is 1. The number of carbonyl (C=O) groups is 1. The maximum Gasteiger partial charge on any atom is 0.416 e. The second-order valence-corrected chi connectivity index (χ2v) is 8.22. The van der Waals surface area contributed by atoms with E-state index in [1.807, 2.05) is 4.90 Å². The molecule has 1 aliphatic rings. The molecule has 1 unspecified atom stereocenters. The second-order valence-electron chi connectivity index (χ2n) is 7.36. The highest BCUT2D eigenvalue weighted by Gasteiger charge is 2.39. The minimum atomic E-state index is -4.53. The number of rotatable bonds is 6. The van der Waals surface area contributed by atoms with Crippen LogP contribution < -0.4 is 9.47 Å². The standard InChI is InChI=1S/C22H23BrF3NO4/c1-30-18-11-15(17(23)12-19(18)31-2)20(27-9-7-13(8-10-27)21(28)29)14-5-3-4-6-16(14)22(24,25)26/h3-6,11-13,20H,7-10H2,1-2H3,(H,28,29). The Hall–Kier alpha value is -2.26. The summed E-state index contributed by atoms with van der Waals surface area (Å²) in [5.41, 5.74) is -0.0261. The Kier molecular flexibility index (Phi) is 7.16. The lowest BCUT2D eigenvalue weighted by molar-refractivity contribution is -0.143. The van der Waals surface area contributed by atoms with Gasteiger partial charge in [-0.05, 0) is 55.3 Å². The maximum absolute atomic E-state index is 13.9. The number of carboxylic acids is 1. The molecule has 0 aliphatic carbocycles. The highest BCUT2D eigenvalue weighted by molar-refractivity contribution is 9.10. The maximum atomic E-state index is 13.9. The molecule has 1 fully saturated rings. The van der Waals surface area contributed by atoms with E-state index < -0.39 is 29.7 Å². The van der Waals surface area contributed by atoms with Gasteiger partial charge in [0, 0.05) is 4.47 Å². The zero-order valence-electron chi connectivity index (χ0n) is 17.1. The van der Waals surface area contributed by atoms with Crippen molar-refractivity contribution in [3.63, 3.8) is 0 Å². The number of aliphatic carboxylic acids is 1. The second kappa shape index (κ2) is 9.48. The molecule has 31 heavy (non-hydrogen) atoms. The average molecular weight is 502 g/mol. The Morgan fingerprint density at radius 3 is 2.23 bits per heavy atom. The lowest BCUT2D eigenvalue weighted by Crippen LogP contribution is -2.40. The van der Waals surface area contributed by atoms with Crippen LogP contribution in [0.3, 0.4) is 0 Å². The molecule has 3 rings (SSSR count). The van der Waals surface area contributed by atoms with Crippen molar-refractivity contribution in [2.45, 2.75) is 25.1 Å². The van der Waals surface area contributed by atoms with Crippen LogP contribution in [-0.4, -0.2) is 43.3 Å². The van der Waals surface area contributed by atoms with Crippen molar-refractivity contribution in [2.75, 3.05) is 27.3 Å². The number of likely N-dealkylation sites (tertiary alicyclic amines) is 1. The molecule has 0 amide bonds. The molecule has 0 aromatic heterocycles. The molecule has 0 saturated carbocycles. The summed E-state index contributed by atoms with van der Waals surface area (Å²) < 4.78 is 52.9. The Morgan fingerprint density at radius 1 is 1.10 bits per heavy atom. The third-order valence-corrected chi connectivity index (χ3v) is 6.29. The molecule has 9 heteroatoms. The lowest BCUT2D eigenvalue weighted by Gasteiger charge is -2.38. The number of benzene rings is 2. The van der Waals surface area contributed by atoms with E-state index >= 15 is 0 Å². The first kappa shape index (κ1) is 23.4. The van der Waals surface area contributed by atoms with Crippen LogP contribution in [-0.2, 0) is 11.0 Å². The number of ether oxygens (including phenoxy) is 2. The van der Waals surface area contributed by atoms with Crippen molar-refractivity contribution < 1.29 is 32.5 Å². The molecule has 168 valence electrons. The molecule has 1 aliphatic heterocycles. The van der Waals surface area contributed by atoms with Crippen LogP contribution in [0.5, 0.6) is 11.5 Å². The minimum Gasteiger partial charge on any atom is -0.493 e. The molecule has 0 radical (unpaired) electrons. The number of carboxylic acid groups (broad SMARTS) is 1. The molecule has 5 nitrogen and oxygen atoms in total. The first-order valence-electron chi connectivity index (χ1n) is 9.71. The lowest BCUT2D eigenvalue weighted by atomic mass is 9.89. The van der Waals surface area contributed by atoms with Gasteiger partial charge in [-0.1, -0.05) is 34.1 Å². The molecule has 1 saturated heterocycles. The molecule has 0 spiro atoms.